The van der Waals surface area contributed by atoms with Gasteiger partial charge in [-0.25, -0.2) is 13.8 Å². The molecule has 0 bridgehead atoms. The highest BCUT2D eigenvalue weighted by atomic mass is 19.4. The highest BCUT2D eigenvalue weighted by molar-refractivity contribution is 6.61. The smallest absolute Gasteiger partial charge is 0.445 e. The predicted octanol–water partition coefficient (Wildman–Crippen LogP) is 2.81. The van der Waals surface area contributed by atoms with Gasteiger partial charge in [-0.05, 0) is 0 Å². The van der Waals surface area contributed by atoms with E-state index < -0.39 is 19.0 Å². The number of guanidine groups is 1. The fourth-order valence-electron chi connectivity index (χ4n) is 1.29. The second kappa shape index (κ2) is 6.80. The maximum atomic E-state index is 11.2. The Morgan fingerprint density at radius 3 is 1.29 bits per heavy atom. The minimum atomic E-state index is -7.21. The van der Waals surface area contributed by atoms with E-state index in [2.05, 4.69) is 26.1 Å². The Kier molecular flexibility index (Phi) is 7.19. The van der Waals surface area contributed by atoms with E-state index in [1.165, 1.54) is 0 Å². The average Bonchev–Trinajstić information content (AvgIpc) is 2.12. The maximum absolute atomic E-state index is 11.2. The van der Waals surface area contributed by atoms with E-state index in [-0.39, 0.29) is 0 Å². The van der Waals surface area contributed by atoms with E-state index in [0.717, 1.165) is 10.4 Å². The Labute approximate surface area is 117 Å². The van der Waals surface area contributed by atoms with E-state index in [1.54, 1.807) is 0 Å². The average molecular weight is 331 g/mol. The number of halogens is 8. The summed E-state index contributed by atoms with van der Waals surface area (Å²) in [6.45, 7) is -7.21. The third kappa shape index (κ3) is 6.49. The van der Waals surface area contributed by atoms with Crippen LogP contribution in [-0.2, 0) is 0 Å². The van der Waals surface area contributed by atoms with Gasteiger partial charge < -0.3 is 17.8 Å². The third-order valence-electron chi connectivity index (χ3n) is 1.99. The fourth-order valence-corrected chi connectivity index (χ4v) is 1.29. The first-order chi connectivity index (χ1) is 8.89. The molecule has 0 saturated heterocycles. The van der Waals surface area contributed by atoms with Gasteiger partial charge in [0.1, 0.15) is 0 Å². The molecule has 0 aliphatic heterocycles. The summed E-state index contributed by atoms with van der Waals surface area (Å²) in [6.07, 6.45) is -6.55. The van der Waals surface area contributed by atoms with Crippen LogP contribution in [-0.4, -0.2) is 76.6 Å². The van der Waals surface area contributed by atoms with Crippen molar-refractivity contribution in [2.45, 2.75) is 12.0 Å². The van der Waals surface area contributed by atoms with E-state index in [0.29, 0.717) is 0 Å². The Hall–Kier alpha value is -1.07. The molecular formula is C9H18BF8N3. The van der Waals surface area contributed by atoms with E-state index in [9.17, 15) is 34.9 Å². The second-order valence-electron chi connectivity index (χ2n) is 5.13. The highest BCUT2D eigenvalue weighted by Gasteiger charge is 2.69. The van der Waals surface area contributed by atoms with Crippen molar-refractivity contribution < 1.29 is 39.4 Å². The molecule has 0 amide bonds. The fraction of sp³-hybridized carbons (Fsp3) is 0.889. The van der Waals surface area contributed by atoms with Crippen LogP contribution in [0.5, 0.6) is 0 Å². The minimum absolute atomic E-state index is 0.767. The molecule has 0 radical (unpaired) electrons. The summed E-state index contributed by atoms with van der Waals surface area (Å²) >= 11 is 0. The van der Waals surface area contributed by atoms with Crippen molar-refractivity contribution in [2.24, 2.45) is 4.99 Å². The number of alkyl halides is 5. The van der Waals surface area contributed by atoms with Crippen LogP contribution in [0.3, 0.4) is 0 Å². The lowest BCUT2D eigenvalue weighted by Gasteiger charge is -2.28. The van der Waals surface area contributed by atoms with Gasteiger partial charge in [0.15, 0.2) is 0 Å². The molecule has 0 aromatic heterocycles. The first-order valence-corrected chi connectivity index (χ1v) is 5.49. The largest absolute Gasteiger partial charge is 0.558 e. The number of nitrogens with zero attached hydrogens (tertiary/aromatic N) is 3. The van der Waals surface area contributed by atoms with Gasteiger partial charge >= 0.3 is 19.0 Å². The standard InChI is InChI=1S/C7H18N3.C2BF8/c1-8-7(9(2)3)10(4,5)6;4-1(5,2(6,7)8)3(9,10)11/h1-6H3;/q+1;-1/b8-7+;. The molecule has 0 rings (SSSR count). The molecule has 0 unspecified atom stereocenters. The van der Waals surface area contributed by atoms with Gasteiger partial charge in [-0.1, -0.05) is 0 Å². The van der Waals surface area contributed by atoms with Gasteiger partial charge in [-0.2, -0.15) is 13.2 Å². The second-order valence-corrected chi connectivity index (χ2v) is 5.13. The van der Waals surface area contributed by atoms with Crippen LogP contribution in [0.15, 0.2) is 4.99 Å². The van der Waals surface area contributed by atoms with Crippen LogP contribution >= 0.6 is 0 Å². The molecule has 128 valence electrons. The minimum Gasteiger partial charge on any atom is -0.445 e. The number of rotatable bonds is 1. The molecule has 0 spiro atoms. The number of quaternary nitrogens is 1. The number of hydrogen-bond acceptors (Lipinski definition) is 1. The van der Waals surface area contributed by atoms with Crippen LogP contribution in [0.4, 0.5) is 34.9 Å². The molecule has 0 heterocycles. The first kappa shape index (κ1) is 22.2. The van der Waals surface area contributed by atoms with Crippen LogP contribution < -0.4 is 0 Å². The summed E-state index contributed by atoms with van der Waals surface area (Å²) in [5, 5.41) is 0. The lowest BCUT2D eigenvalue weighted by molar-refractivity contribution is -0.782. The highest BCUT2D eigenvalue weighted by Crippen LogP contribution is 2.43. The van der Waals surface area contributed by atoms with E-state index >= 15 is 0 Å². The molecule has 3 nitrogen and oxygen atoms in total. The number of hydrogen-bond donors (Lipinski definition) is 0. The Morgan fingerprint density at radius 1 is 0.952 bits per heavy atom. The SMILES string of the molecule is C/N=C(\N(C)C)[N+](C)(C)C.F[B-](F)(F)C(F)(F)C(F)(F)F. The van der Waals surface area contributed by atoms with Gasteiger partial charge in [0.25, 0.3) is 5.96 Å². The Morgan fingerprint density at radius 2 is 1.29 bits per heavy atom. The molecule has 12 heteroatoms. The zero-order valence-corrected chi connectivity index (χ0v) is 12.4. The summed E-state index contributed by atoms with van der Waals surface area (Å²) in [5.41, 5.74) is 0. The number of aliphatic imine (C=N–C) groups is 1. The van der Waals surface area contributed by atoms with Crippen molar-refractivity contribution in [1.29, 1.82) is 0 Å². The van der Waals surface area contributed by atoms with Gasteiger partial charge in [0.2, 0.25) is 0 Å². The lowest BCUT2D eigenvalue weighted by Crippen LogP contribution is -2.53. The Balaban J connectivity index is 0. The third-order valence-corrected chi connectivity index (χ3v) is 1.99. The normalized spacial score (nSPS) is 14.5. The van der Waals surface area contributed by atoms with Crippen LogP contribution in [0.1, 0.15) is 0 Å². The summed E-state index contributed by atoms with van der Waals surface area (Å²) in [7, 11) is 12.1. The van der Waals surface area contributed by atoms with Gasteiger partial charge in [-0.3, -0.25) is 4.48 Å². The van der Waals surface area contributed by atoms with Crippen molar-refractivity contribution in [1.82, 2.24) is 4.90 Å². The van der Waals surface area contributed by atoms with E-state index in [4.69, 9.17) is 0 Å². The van der Waals surface area contributed by atoms with Crippen molar-refractivity contribution in [3.8, 4) is 0 Å². The maximum Gasteiger partial charge on any atom is 0.558 e. The molecule has 0 aromatic carbocycles. The van der Waals surface area contributed by atoms with Crippen molar-refractivity contribution in [3.05, 3.63) is 0 Å². The van der Waals surface area contributed by atoms with Crippen LogP contribution in [0.2, 0.25) is 0 Å². The Bertz CT molecular complexity index is 337. The topological polar surface area (TPSA) is 15.6 Å². The zero-order valence-electron chi connectivity index (χ0n) is 12.4. The quantitative estimate of drug-likeness (QED) is 0.237. The van der Waals surface area contributed by atoms with Crippen molar-refractivity contribution >= 4 is 12.9 Å². The molecule has 0 aliphatic rings. The first-order valence-electron chi connectivity index (χ1n) is 5.49. The monoisotopic (exact) mass is 331 g/mol. The molecule has 0 aromatic rings. The van der Waals surface area contributed by atoms with Crippen molar-refractivity contribution in [3.63, 3.8) is 0 Å². The van der Waals surface area contributed by atoms with Gasteiger partial charge in [-0.15, -0.1) is 0 Å². The van der Waals surface area contributed by atoms with E-state index in [1.807, 2.05) is 26.0 Å². The molecule has 0 saturated carbocycles. The van der Waals surface area contributed by atoms with Gasteiger partial charge in [0.05, 0.1) is 21.1 Å². The molecule has 21 heavy (non-hydrogen) atoms. The molecular weight excluding hydrogens is 313 g/mol. The lowest BCUT2D eigenvalue weighted by atomic mass is 9.80. The molecule has 0 N–H and O–H groups in total. The van der Waals surface area contributed by atoms with Crippen LogP contribution in [0, 0.1) is 0 Å². The predicted molar refractivity (Wildman–Crippen MR) is 65.2 cm³/mol. The zero-order chi connectivity index (χ0) is 17.9. The van der Waals surface area contributed by atoms with Crippen molar-refractivity contribution in [2.75, 3.05) is 42.3 Å². The van der Waals surface area contributed by atoms with Crippen LogP contribution in [0.25, 0.3) is 0 Å². The molecule has 0 atom stereocenters. The van der Waals surface area contributed by atoms with Gasteiger partial charge in [0, 0.05) is 21.1 Å². The summed E-state index contributed by atoms with van der Waals surface area (Å²) < 4.78 is 88.6. The summed E-state index contributed by atoms with van der Waals surface area (Å²) in [5.74, 6) is -5.49. The summed E-state index contributed by atoms with van der Waals surface area (Å²) in [4.78, 5) is 6.20. The molecule has 0 fully saturated rings. The summed E-state index contributed by atoms with van der Waals surface area (Å²) in [6, 6.07) is 0. The molecule has 0 aliphatic carbocycles.